The van der Waals surface area contributed by atoms with Gasteiger partial charge in [-0.2, -0.15) is 0 Å². The third-order valence-corrected chi connectivity index (χ3v) is 5.23. The molecule has 0 unspecified atom stereocenters. The Morgan fingerprint density at radius 1 is 1.08 bits per heavy atom. The van der Waals surface area contributed by atoms with Gasteiger partial charge >= 0.3 is 0 Å². The van der Waals surface area contributed by atoms with Crippen LogP contribution in [0.4, 0.5) is 0 Å². The molecule has 2 aromatic carbocycles. The van der Waals surface area contributed by atoms with Gasteiger partial charge in [-0.25, -0.2) is 0 Å². The van der Waals surface area contributed by atoms with Gasteiger partial charge in [0.2, 0.25) is 0 Å². The summed E-state index contributed by atoms with van der Waals surface area (Å²) < 4.78 is 1.92. The fourth-order valence-corrected chi connectivity index (χ4v) is 3.37. The maximum absolute atomic E-state index is 12.4. The van der Waals surface area contributed by atoms with Crippen molar-refractivity contribution in [3.8, 4) is 0 Å². The number of likely N-dealkylation sites (N-methyl/N-ethyl adjacent to an activating group) is 1. The van der Waals surface area contributed by atoms with Crippen molar-refractivity contribution in [2.45, 2.75) is 6.04 Å². The zero-order valence-corrected chi connectivity index (χ0v) is 16.4. The van der Waals surface area contributed by atoms with Crippen LogP contribution in [0.15, 0.2) is 58.6 Å². The SMILES string of the molecule is CN1C(=O)C(=O)C(=C(O)c2ccc(Br)cc2)[C@H]1c1ccc(I)cc1. The highest BCUT2D eigenvalue weighted by atomic mass is 127. The van der Waals surface area contributed by atoms with Gasteiger partial charge < -0.3 is 10.0 Å². The number of hydrogen-bond donors (Lipinski definition) is 1. The molecular formula is C18H13BrINO3. The second kappa shape index (κ2) is 6.68. The lowest BCUT2D eigenvalue weighted by Crippen LogP contribution is -2.24. The van der Waals surface area contributed by atoms with Gasteiger partial charge in [0, 0.05) is 20.7 Å². The molecule has 0 aliphatic carbocycles. The molecule has 0 radical (unpaired) electrons. The van der Waals surface area contributed by atoms with Gasteiger partial charge in [-0.1, -0.05) is 40.2 Å². The van der Waals surface area contributed by atoms with Crippen molar-refractivity contribution in [1.82, 2.24) is 4.90 Å². The number of rotatable bonds is 2. The number of amides is 1. The van der Waals surface area contributed by atoms with E-state index in [4.69, 9.17) is 0 Å². The Labute approximate surface area is 161 Å². The smallest absolute Gasteiger partial charge is 0.295 e. The Bertz CT molecular complexity index is 844. The van der Waals surface area contributed by atoms with Crippen molar-refractivity contribution in [2.24, 2.45) is 0 Å². The fourth-order valence-electron chi connectivity index (χ4n) is 2.75. The number of carbonyl (C=O) groups excluding carboxylic acids is 2. The lowest BCUT2D eigenvalue weighted by molar-refractivity contribution is -0.139. The third-order valence-electron chi connectivity index (χ3n) is 3.98. The highest BCUT2D eigenvalue weighted by Gasteiger charge is 2.44. The van der Waals surface area contributed by atoms with Gasteiger partial charge in [-0.05, 0) is 52.4 Å². The molecule has 1 N–H and O–H groups in total. The molecule has 24 heavy (non-hydrogen) atoms. The third kappa shape index (κ3) is 3.00. The lowest BCUT2D eigenvalue weighted by Gasteiger charge is -2.21. The number of aliphatic hydroxyl groups is 1. The zero-order valence-electron chi connectivity index (χ0n) is 12.7. The van der Waals surface area contributed by atoms with E-state index in [0.29, 0.717) is 5.56 Å². The molecule has 0 bridgehead atoms. The van der Waals surface area contributed by atoms with Crippen LogP contribution in [0.25, 0.3) is 5.76 Å². The summed E-state index contributed by atoms with van der Waals surface area (Å²) in [5.41, 5.74) is 1.40. The van der Waals surface area contributed by atoms with E-state index in [2.05, 4.69) is 38.5 Å². The number of likely N-dealkylation sites (tertiary alicyclic amines) is 1. The minimum atomic E-state index is -0.665. The molecule has 0 spiro atoms. The van der Waals surface area contributed by atoms with Crippen LogP contribution in [-0.2, 0) is 9.59 Å². The maximum atomic E-state index is 12.4. The van der Waals surface area contributed by atoms with Crippen LogP contribution in [0.3, 0.4) is 0 Å². The number of carbonyl (C=O) groups is 2. The summed E-state index contributed by atoms with van der Waals surface area (Å²) in [5.74, 6) is -1.44. The topological polar surface area (TPSA) is 57.6 Å². The van der Waals surface area contributed by atoms with Crippen LogP contribution >= 0.6 is 38.5 Å². The average molecular weight is 498 g/mol. The van der Waals surface area contributed by atoms with Gasteiger partial charge in [0.15, 0.2) is 0 Å². The molecule has 1 aliphatic heterocycles. The Morgan fingerprint density at radius 3 is 2.25 bits per heavy atom. The van der Waals surface area contributed by atoms with E-state index in [-0.39, 0.29) is 11.3 Å². The van der Waals surface area contributed by atoms with Gasteiger partial charge in [0.1, 0.15) is 5.76 Å². The summed E-state index contributed by atoms with van der Waals surface area (Å²) in [6, 6.07) is 13.9. The van der Waals surface area contributed by atoms with E-state index in [1.807, 2.05) is 24.3 Å². The van der Waals surface area contributed by atoms with E-state index in [0.717, 1.165) is 13.6 Å². The summed E-state index contributed by atoms with van der Waals surface area (Å²) in [7, 11) is 1.57. The molecule has 0 aromatic heterocycles. The molecule has 0 saturated carbocycles. The highest BCUT2D eigenvalue weighted by molar-refractivity contribution is 14.1. The van der Waals surface area contributed by atoms with Crippen LogP contribution in [-0.4, -0.2) is 28.7 Å². The van der Waals surface area contributed by atoms with Gasteiger partial charge in [-0.3, -0.25) is 9.59 Å². The summed E-state index contributed by atoms with van der Waals surface area (Å²) >= 11 is 5.53. The normalized spacial score (nSPS) is 19.8. The minimum Gasteiger partial charge on any atom is -0.507 e. The Kier molecular flexibility index (Phi) is 4.78. The van der Waals surface area contributed by atoms with Crippen molar-refractivity contribution in [1.29, 1.82) is 0 Å². The Hall–Kier alpha value is -1.67. The average Bonchev–Trinajstić information content (AvgIpc) is 2.80. The molecule has 122 valence electrons. The van der Waals surface area contributed by atoms with Crippen LogP contribution in [0, 0.1) is 3.57 Å². The summed E-state index contributed by atoms with van der Waals surface area (Å²) in [5, 5.41) is 10.7. The van der Waals surface area contributed by atoms with E-state index < -0.39 is 17.7 Å². The molecule has 1 saturated heterocycles. The number of hydrogen-bond acceptors (Lipinski definition) is 3. The maximum Gasteiger partial charge on any atom is 0.295 e. The number of ketones is 1. The molecule has 2 aromatic rings. The Morgan fingerprint density at radius 2 is 1.67 bits per heavy atom. The van der Waals surface area contributed by atoms with Crippen LogP contribution in [0.2, 0.25) is 0 Å². The minimum absolute atomic E-state index is 0.117. The van der Waals surface area contributed by atoms with Crippen molar-refractivity contribution in [3.63, 3.8) is 0 Å². The van der Waals surface area contributed by atoms with Crippen LogP contribution in [0.1, 0.15) is 17.2 Å². The number of Topliss-reactive ketones (excluding diaryl/α,β-unsaturated/α-hetero) is 1. The zero-order chi connectivity index (χ0) is 17.4. The fraction of sp³-hybridized carbons (Fsp3) is 0.111. The van der Waals surface area contributed by atoms with E-state index in [1.54, 1.807) is 31.3 Å². The number of nitrogens with zero attached hydrogens (tertiary/aromatic N) is 1. The first-order valence-corrected chi connectivity index (χ1v) is 9.03. The predicted octanol–water partition coefficient (Wildman–Crippen LogP) is 4.11. The number of halogens is 2. The standard InChI is InChI=1S/C18H13BrINO3/c1-21-15(10-4-8-13(20)9-5-10)14(17(23)18(21)24)16(22)11-2-6-12(19)7-3-11/h2-9,15,22H,1H3/t15-/m1/s1. The van der Waals surface area contributed by atoms with Crippen LogP contribution in [0.5, 0.6) is 0 Å². The van der Waals surface area contributed by atoms with Crippen LogP contribution < -0.4 is 0 Å². The first kappa shape index (κ1) is 17.2. The monoisotopic (exact) mass is 497 g/mol. The van der Waals surface area contributed by atoms with Gasteiger partial charge in [0.05, 0.1) is 11.6 Å². The van der Waals surface area contributed by atoms with E-state index in [9.17, 15) is 14.7 Å². The second-order valence-corrected chi connectivity index (χ2v) is 7.63. The van der Waals surface area contributed by atoms with Crippen molar-refractivity contribution in [2.75, 3.05) is 7.05 Å². The largest absolute Gasteiger partial charge is 0.507 e. The number of benzene rings is 2. The van der Waals surface area contributed by atoms with Crippen molar-refractivity contribution in [3.05, 3.63) is 73.3 Å². The molecule has 1 atom stereocenters. The van der Waals surface area contributed by atoms with E-state index >= 15 is 0 Å². The van der Waals surface area contributed by atoms with E-state index in [1.165, 1.54) is 4.90 Å². The highest BCUT2D eigenvalue weighted by Crippen LogP contribution is 2.38. The molecule has 6 heteroatoms. The summed E-state index contributed by atoms with van der Waals surface area (Å²) in [4.78, 5) is 26.0. The quantitative estimate of drug-likeness (QED) is 0.294. The predicted molar refractivity (Wildman–Crippen MR) is 103 cm³/mol. The molecular weight excluding hydrogens is 485 g/mol. The summed E-state index contributed by atoms with van der Waals surface area (Å²) in [6.07, 6.45) is 0. The molecule has 1 heterocycles. The first-order valence-electron chi connectivity index (χ1n) is 7.16. The Balaban J connectivity index is 2.16. The molecule has 4 nitrogen and oxygen atoms in total. The molecule has 1 aliphatic rings. The molecule has 1 amide bonds. The summed E-state index contributed by atoms with van der Waals surface area (Å²) in [6.45, 7) is 0. The molecule has 1 fully saturated rings. The van der Waals surface area contributed by atoms with Crippen molar-refractivity contribution < 1.29 is 14.7 Å². The second-order valence-electron chi connectivity index (χ2n) is 5.47. The number of aliphatic hydroxyl groups excluding tert-OH is 1. The van der Waals surface area contributed by atoms with Gasteiger partial charge in [-0.15, -0.1) is 0 Å². The molecule has 3 rings (SSSR count). The van der Waals surface area contributed by atoms with Crippen molar-refractivity contribution >= 4 is 56.0 Å². The first-order chi connectivity index (χ1) is 11.4. The lowest BCUT2D eigenvalue weighted by atomic mass is 9.95. The van der Waals surface area contributed by atoms with Gasteiger partial charge in [0.25, 0.3) is 11.7 Å².